The van der Waals surface area contributed by atoms with Gasteiger partial charge in [-0.3, -0.25) is 4.90 Å². The third kappa shape index (κ3) is 3.62. The van der Waals surface area contributed by atoms with Crippen molar-refractivity contribution in [2.75, 3.05) is 24.6 Å². The highest BCUT2D eigenvalue weighted by molar-refractivity contribution is 5.92. The number of aromatic nitrogens is 4. The summed E-state index contributed by atoms with van der Waals surface area (Å²) in [5, 5.41) is 9.91. The van der Waals surface area contributed by atoms with Gasteiger partial charge in [0.2, 0.25) is 0 Å². The topological polar surface area (TPSA) is 111 Å². The molecule has 1 N–H and O–H groups in total. The second kappa shape index (κ2) is 8.11. The lowest BCUT2D eigenvalue weighted by Gasteiger charge is -2.41. The van der Waals surface area contributed by atoms with E-state index in [0.29, 0.717) is 18.2 Å². The van der Waals surface area contributed by atoms with Gasteiger partial charge in [-0.05, 0) is 37.0 Å². The number of aromatic amines is 1. The number of carbonyl (C=O) groups is 1. The van der Waals surface area contributed by atoms with Gasteiger partial charge in [0.15, 0.2) is 0 Å². The molecule has 164 valence electrons. The number of nitriles is 1. The largest absolute Gasteiger partial charge is 0.449 e. The van der Waals surface area contributed by atoms with Crippen LogP contribution in [0.15, 0.2) is 30.7 Å². The number of rotatable bonds is 4. The minimum atomic E-state index is -0.198. The Morgan fingerprint density at radius 2 is 2.03 bits per heavy atom. The first-order valence-electron chi connectivity index (χ1n) is 10.9. The number of anilines is 1. The summed E-state index contributed by atoms with van der Waals surface area (Å²) in [5.41, 5.74) is 2.88. The number of fused-ring (bicyclic) bond motifs is 3. The fourth-order valence-corrected chi connectivity index (χ4v) is 4.64. The first kappa shape index (κ1) is 20.2. The summed E-state index contributed by atoms with van der Waals surface area (Å²) in [6, 6.07) is 7.88. The van der Waals surface area contributed by atoms with Gasteiger partial charge in [0.1, 0.15) is 29.6 Å². The Hall–Kier alpha value is -3.67. The SMILES string of the molecule is CC(C)COC(=O)N1C2CCC1CN(c1ncnc3[nH]c(-c4ccc(C#N)nc4)cc13)C2. The molecule has 0 aromatic carbocycles. The summed E-state index contributed by atoms with van der Waals surface area (Å²) in [6.45, 7) is 5.97. The minimum Gasteiger partial charge on any atom is -0.449 e. The maximum atomic E-state index is 12.7. The van der Waals surface area contributed by atoms with Gasteiger partial charge in [0.05, 0.1) is 24.1 Å². The number of amides is 1. The standard InChI is InChI=1S/C23H25N7O2/c1-14(2)12-32-23(31)30-17-5-6-18(30)11-29(10-17)22-19-7-20(28-21(19)26-13-27-22)15-3-4-16(8-24)25-9-15/h3-4,7,9,13-14,17-18H,5-6,10-12H2,1-2H3,(H,26,27,28). The van der Waals surface area contributed by atoms with Crippen LogP contribution in [0.3, 0.4) is 0 Å². The van der Waals surface area contributed by atoms with Crippen molar-refractivity contribution in [1.82, 2.24) is 24.8 Å². The van der Waals surface area contributed by atoms with E-state index in [2.05, 4.69) is 24.8 Å². The molecule has 32 heavy (non-hydrogen) atoms. The van der Waals surface area contributed by atoms with Crippen LogP contribution < -0.4 is 4.90 Å². The first-order chi connectivity index (χ1) is 15.5. The molecular formula is C23H25N7O2. The summed E-state index contributed by atoms with van der Waals surface area (Å²) in [7, 11) is 0. The molecule has 0 aliphatic carbocycles. The van der Waals surface area contributed by atoms with E-state index >= 15 is 0 Å². The number of carbonyl (C=O) groups excluding carboxylic acids is 1. The number of H-pyrrole nitrogens is 1. The minimum absolute atomic E-state index is 0.125. The molecule has 9 nitrogen and oxygen atoms in total. The molecule has 0 spiro atoms. The molecule has 2 aliphatic rings. The van der Waals surface area contributed by atoms with Crippen LogP contribution >= 0.6 is 0 Å². The average Bonchev–Trinajstić information content (AvgIpc) is 3.35. The molecule has 0 radical (unpaired) electrons. The fraction of sp³-hybridized carbons (Fsp3) is 0.435. The van der Waals surface area contributed by atoms with Crippen molar-refractivity contribution < 1.29 is 9.53 Å². The van der Waals surface area contributed by atoms with E-state index in [1.807, 2.05) is 36.9 Å². The number of piperazine rings is 1. The van der Waals surface area contributed by atoms with Crippen molar-refractivity contribution in [2.24, 2.45) is 5.92 Å². The van der Waals surface area contributed by atoms with E-state index in [0.717, 1.165) is 54.0 Å². The van der Waals surface area contributed by atoms with Crippen LogP contribution in [0.1, 0.15) is 32.4 Å². The van der Waals surface area contributed by atoms with Crippen LogP contribution in [0, 0.1) is 17.2 Å². The molecule has 2 fully saturated rings. The molecule has 1 amide bonds. The normalized spacial score (nSPS) is 20.1. The third-order valence-corrected chi connectivity index (χ3v) is 6.13. The number of nitrogens with one attached hydrogen (secondary N) is 1. The zero-order chi connectivity index (χ0) is 22.2. The lowest BCUT2D eigenvalue weighted by molar-refractivity contribution is 0.0704. The second-order valence-corrected chi connectivity index (χ2v) is 8.85. The molecular weight excluding hydrogens is 406 g/mol. The van der Waals surface area contributed by atoms with E-state index in [1.165, 1.54) is 0 Å². The van der Waals surface area contributed by atoms with E-state index in [9.17, 15) is 4.79 Å². The van der Waals surface area contributed by atoms with Crippen LogP contribution in [0.5, 0.6) is 0 Å². The highest BCUT2D eigenvalue weighted by Crippen LogP contribution is 2.35. The lowest BCUT2D eigenvalue weighted by Crippen LogP contribution is -2.56. The molecule has 9 heteroatoms. The van der Waals surface area contributed by atoms with Crippen LogP contribution in [0.25, 0.3) is 22.3 Å². The average molecular weight is 432 g/mol. The maximum absolute atomic E-state index is 12.7. The summed E-state index contributed by atoms with van der Waals surface area (Å²) >= 11 is 0. The van der Waals surface area contributed by atoms with Gasteiger partial charge in [-0.1, -0.05) is 13.8 Å². The first-order valence-corrected chi connectivity index (χ1v) is 10.9. The van der Waals surface area contributed by atoms with Gasteiger partial charge in [-0.15, -0.1) is 0 Å². The molecule has 2 bridgehead atoms. The maximum Gasteiger partial charge on any atom is 0.410 e. The van der Waals surface area contributed by atoms with Crippen molar-refractivity contribution in [1.29, 1.82) is 5.26 Å². The Morgan fingerprint density at radius 3 is 2.69 bits per heavy atom. The van der Waals surface area contributed by atoms with Crippen LogP contribution in [0.2, 0.25) is 0 Å². The molecule has 0 saturated carbocycles. The molecule has 5 rings (SSSR count). The Balaban J connectivity index is 1.39. The van der Waals surface area contributed by atoms with Crippen molar-refractivity contribution in [2.45, 2.75) is 38.8 Å². The molecule has 2 unspecified atom stereocenters. The van der Waals surface area contributed by atoms with E-state index in [-0.39, 0.29) is 18.2 Å². The van der Waals surface area contributed by atoms with Crippen molar-refractivity contribution >= 4 is 22.9 Å². The molecule has 2 aliphatic heterocycles. The van der Waals surface area contributed by atoms with E-state index < -0.39 is 0 Å². The number of pyridine rings is 1. The van der Waals surface area contributed by atoms with Crippen LogP contribution in [-0.4, -0.2) is 62.7 Å². The summed E-state index contributed by atoms with van der Waals surface area (Å²) in [6.07, 6.45) is 5.00. The number of nitrogens with zero attached hydrogens (tertiary/aromatic N) is 6. The number of hydrogen-bond donors (Lipinski definition) is 1. The highest BCUT2D eigenvalue weighted by atomic mass is 16.6. The Morgan fingerprint density at radius 1 is 1.25 bits per heavy atom. The second-order valence-electron chi connectivity index (χ2n) is 8.85. The van der Waals surface area contributed by atoms with Gasteiger partial charge >= 0.3 is 6.09 Å². The quantitative estimate of drug-likeness (QED) is 0.674. The van der Waals surface area contributed by atoms with E-state index in [4.69, 9.17) is 10.00 Å². The predicted octanol–water partition coefficient (Wildman–Crippen LogP) is 3.34. The van der Waals surface area contributed by atoms with Gasteiger partial charge in [0.25, 0.3) is 0 Å². The smallest absolute Gasteiger partial charge is 0.410 e. The van der Waals surface area contributed by atoms with Crippen molar-refractivity contribution in [3.63, 3.8) is 0 Å². The fourth-order valence-electron chi connectivity index (χ4n) is 4.64. The molecule has 5 heterocycles. The zero-order valence-electron chi connectivity index (χ0n) is 18.2. The monoisotopic (exact) mass is 431 g/mol. The van der Waals surface area contributed by atoms with Crippen molar-refractivity contribution in [3.8, 4) is 17.3 Å². The lowest BCUT2D eigenvalue weighted by atomic mass is 10.1. The Kier molecular flexibility index (Phi) is 5.13. The molecule has 3 aromatic heterocycles. The van der Waals surface area contributed by atoms with Crippen molar-refractivity contribution in [3.05, 3.63) is 36.4 Å². The molecule has 3 aromatic rings. The number of hydrogen-bond acceptors (Lipinski definition) is 7. The van der Waals surface area contributed by atoms with Gasteiger partial charge in [-0.25, -0.2) is 19.7 Å². The summed E-state index contributed by atoms with van der Waals surface area (Å²) < 4.78 is 5.52. The van der Waals surface area contributed by atoms with Crippen LogP contribution in [0.4, 0.5) is 10.6 Å². The molecule has 2 atom stereocenters. The van der Waals surface area contributed by atoms with Gasteiger partial charge < -0.3 is 14.6 Å². The zero-order valence-corrected chi connectivity index (χ0v) is 18.2. The van der Waals surface area contributed by atoms with Gasteiger partial charge in [0, 0.05) is 30.5 Å². The number of ether oxygens (including phenoxy) is 1. The van der Waals surface area contributed by atoms with Crippen LogP contribution in [-0.2, 0) is 4.74 Å². The highest BCUT2D eigenvalue weighted by Gasteiger charge is 2.44. The summed E-state index contributed by atoms with van der Waals surface area (Å²) in [5.74, 6) is 1.19. The third-order valence-electron chi connectivity index (χ3n) is 6.13. The summed E-state index contributed by atoms with van der Waals surface area (Å²) in [4.78, 5) is 33.3. The Bertz CT molecular complexity index is 1170. The molecule has 2 saturated heterocycles. The van der Waals surface area contributed by atoms with Gasteiger partial charge in [-0.2, -0.15) is 5.26 Å². The Labute approximate surface area is 186 Å². The predicted molar refractivity (Wildman–Crippen MR) is 119 cm³/mol. The van der Waals surface area contributed by atoms with E-state index in [1.54, 1.807) is 18.6 Å².